The normalized spacial score (nSPS) is 13.4. The van der Waals surface area contributed by atoms with Gasteiger partial charge in [0.2, 0.25) is 0 Å². The molecule has 1 aliphatic carbocycles. The predicted molar refractivity (Wildman–Crippen MR) is 127 cm³/mol. The Labute approximate surface area is 184 Å². The van der Waals surface area contributed by atoms with Crippen LogP contribution in [0.5, 0.6) is 0 Å². The monoisotopic (exact) mass is 517 g/mol. The molecule has 0 spiro atoms. The molecule has 2 aromatic rings. The van der Waals surface area contributed by atoms with E-state index in [0.717, 1.165) is 16.5 Å². The van der Waals surface area contributed by atoms with Crippen molar-refractivity contribution in [2.24, 2.45) is 0 Å². The molecule has 154 valence electrons. The molecule has 0 fully saturated rings. The summed E-state index contributed by atoms with van der Waals surface area (Å²) >= 11 is 3.39. The van der Waals surface area contributed by atoms with E-state index in [4.69, 9.17) is 11.6 Å². The van der Waals surface area contributed by atoms with Crippen molar-refractivity contribution in [2.45, 2.75) is 72.6 Å². The first-order valence-electron chi connectivity index (χ1n) is 11.1. The van der Waals surface area contributed by atoms with Crippen LogP contribution >= 0.6 is 11.6 Å². The molecule has 2 heterocycles. The summed E-state index contributed by atoms with van der Waals surface area (Å²) in [5.41, 5.74) is 3.12. The van der Waals surface area contributed by atoms with E-state index < -0.39 is 18.4 Å². The van der Waals surface area contributed by atoms with Gasteiger partial charge in [0.05, 0.1) is 0 Å². The molecule has 29 heavy (non-hydrogen) atoms. The molecule has 0 unspecified atom stereocenters. The van der Waals surface area contributed by atoms with E-state index in [1.807, 2.05) is 12.3 Å². The molecule has 0 radical (unpaired) electrons. The Morgan fingerprint density at radius 1 is 1.07 bits per heavy atom. The Hall–Kier alpha value is -1.25. The summed E-state index contributed by atoms with van der Waals surface area (Å²) in [5.74, 6) is 0. The molecular formula is C24H32ClN3Sn. The molecule has 0 aromatic carbocycles. The van der Waals surface area contributed by atoms with Crippen LogP contribution in [0.3, 0.4) is 0 Å². The molecule has 0 aliphatic heterocycles. The summed E-state index contributed by atoms with van der Waals surface area (Å²) in [6, 6.07) is 4.52. The Bertz CT molecular complexity index is 943. The van der Waals surface area contributed by atoms with Gasteiger partial charge in [0, 0.05) is 0 Å². The second kappa shape index (κ2) is 10.2. The van der Waals surface area contributed by atoms with Crippen molar-refractivity contribution in [2.75, 3.05) is 0 Å². The standard InChI is InChI=1S/C12H5ClN3.3C4H9.Sn/c13-12-4-10-8(5-14)7-16(9-2-1-3-9)11(10)6-15-12;3*1-3-4-2;/h1-4,6H;3*1,3-4H2,2H3;. The maximum absolute atomic E-state index is 10.3. The van der Waals surface area contributed by atoms with Gasteiger partial charge in [0.1, 0.15) is 0 Å². The van der Waals surface area contributed by atoms with Crippen LogP contribution in [0.2, 0.25) is 18.5 Å². The Kier molecular flexibility index (Phi) is 7.87. The van der Waals surface area contributed by atoms with Gasteiger partial charge in [0.25, 0.3) is 0 Å². The van der Waals surface area contributed by atoms with Crippen molar-refractivity contribution in [1.29, 1.82) is 5.26 Å². The minimum absolute atomic E-state index is 0.465. The van der Waals surface area contributed by atoms with Crippen LogP contribution in [-0.4, -0.2) is 27.9 Å². The van der Waals surface area contributed by atoms with E-state index >= 15 is 0 Å². The van der Waals surface area contributed by atoms with Gasteiger partial charge < -0.3 is 0 Å². The SMILES string of the molecule is CCC[CH2][Sn]([CH2]CCC)([CH2]CCC)[c]1c(C#N)c2cc(Cl)ncc2n1C1=CC=C1. The summed E-state index contributed by atoms with van der Waals surface area (Å²) in [5, 5.41) is 11.7. The molecule has 0 amide bonds. The third-order valence-electron chi connectivity index (χ3n) is 6.25. The molecule has 0 N–H and O–H groups in total. The van der Waals surface area contributed by atoms with Gasteiger partial charge in [0.15, 0.2) is 0 Å². The van der Waals surface area contributed by atoms with E-state index in [9.17, 15) is 5.26 Å². The van der Waals surface area contributed by atoms with Gasteiger partial charge in [-0.2, -0.15) is 0 Å². The first kappa shape index (κ1) is 22.4. The summed E-state index contributed by atoms with van der Waals surface area (Å²) in [7, 11) is 0. The molecule has 2 aromatic heterocycles. The van der Waals surface area contributed by atoms with Crippen molar-refractivity contribution in [3.8, 4) is 6.07 Å². The van der Waals surface area contributed by atoms with Crippen LogP contribution in [0, 0.1) is 11.3 Å². The summed E-state index contributed by atoms with van der Waals surface area (Å²) in [6.45, 7) is 6.87. The maximum atomic E-state index is 10.3. The van der Waals surface area contributed by atoms with Gasteiger partial charge in [-0.05, 0) is 0 Å². The van der Waals surface area contributed by atoms with Crippen molar-refractivity contribution in [1.82, 2.24) is 9.55 Å². The molecule has 0 bridgehead atoms. The molecular weight excluding hydrogens is 484 g/mol. The minimum atomic E-state index is -2.87. The van der Waals surface area contributed by atoms with Gasteiger partial charge in [-0.1, -0.05) is 0 Å². The molecule has 3 nitrogen and oxygen atoms in total. The summed E-state index contributed by atoms with van der Waals surface area (Å²) < 4.78 is 7.78. The molecule has 5 heteroatoms. The third-order valence-corrected chi connectivity index (χ3v) is 21.9. The van der Waals surface area contributed by atoms with Crippen molar-refractivity contribution < 1.29 is 0 Å². The first-order chi connectivity index (χ1) is 14.1. The van der Waals surface area contributed by atoms with Crippen LogP contribution < -0.4 is 3.71 Å². The summed E-state index contributed by atoms with van der Waals surface area (Å²) in [6.07, 6.45) is 15.7. The van der Waals surface area contributed by atoms with E-state index in [1.165, 1.54) is 61.2 Å². The zero-order valence-electron chi connectivity index (χ0n) is 18.0. The van der Waals surface area contributed by atoms with E-state index in [0.29, 0.717) is 5.15 Å². The van der Waals surface area contributed by atoms with E-state index in [1.54, 1.807) is 0 Å². The molecule has 0 atom stereocenters. The number of unbranched alkanes of at least 4 members (excludes halogenated alkanes) is 3. The number of halogens is 1. The number of rotatable bonds is 11. The van der Waals surface area contributed by atoms with Crippen LogP contribution in [0.25, 0.3) is 16.6 Å². The van der Waals surface area contributed by atoms with Gasteiger partial charge in [-0.15, -0.1) is 0 Å². The number of fused-ring (bicyclic) bond motifs is 1. The molecule has 0 saturated carbocycles. The topological polar surface area (TPSA) is 41.6 Å². The molecule has 0 saturated heterocycles. The fourth-order valence-corrected chi connectivity index (χ4v) is 21.9. The van der Waals surface area contributed by atoms with Gasteiger partial charge in [-0.25, -0.2) is 0 Å². The van der Waals surface area contributed by atoms with Crippen molar-refractivity contribution in [3.05, 3.63) is 41.2 Å². The number of hydrogen-bond donors (Lipinski definition) is 0. The Morgan fingerprint density at radius 3 is 2.10 bits per heavy atom. The van der Waals surface area contributed by atoms with Gasteiger partial charge >= 0.3 is 185 Å². The second-order valence-corrected chi connectivity index (χ2v) is 21.6. The fraction of sp³-hybridized carbons (Fsp3) is 0.500. The van der Waals surface area contributed by atoms with E-state index in [2.05, 4.69) is 54.6 Å². The predicted octanol–water partition coefficient (Wildman–Crippen LogP) is 7.03. The van der Waals surface area contributed by atoms with Gasteiger partial charge in [-0.3, -0.25) is 0 Å². The number of nitriles is 1. The number of pyridine rings is 1. The number of hydrogen-bond acceptors (Lipinski definition) is 2. The average molecular weight is 517 g/mol. The Morgan fingerprint density at radius 2 is 1.66 bits per heavy atom. The number of allylic oxidation sites excluding steroid dienone is 4. The number of nitrogens with zero attached hydrogens (tertiary/aromatic N) is 3. The van der Waals surface area contributed by atoms with Crippen LogP contribution in [0.15, 0.2) is 30.5 Å². The zero-order chi connectivity index (χ0) is 20.9. The first-order valence-corrected chi connectivity index (χ1v) is 19.0. The fourth-order valence-electron chi connectivity index (χ4n) is 4.65. The van der Waals surface area contributed by atoms with E-state index in [-0.39, 0.29) is 0 Å². The zero-order valence-corrected chi connectivity index (χ0v) is 21.6. The van der Waals surface area contributed by atoms with Crippen molar-refractivity contribution in [3.63, 3.8) is 0 Å². The average Bonchev–Trinajstić information content (AvgIpc) is 3.00. The van der Waals surface area contributed by atoms with Crippen LogP contribution in [-0.2, 0) is 0 Å². The Balaban J connectivity index is 2.32. The quantitative estimate of drug-likeness (QED) is 0.238. The van der Waals surface area contributed by atoms with Crippen LogP contribution in [0.1, 0.15) is 64.9 Å². The molecule has 3 rings (SSSR count). The molecule has 1 aliphatic rings. The van der Waals surface area contributed by atoms with Crippen LogP contribution in [0.4, 0.5) is 0 Å². The number of aromatic nitrogens is 2. The third kappa shape index (κ3) is 4.44. The second-order valence-electron chi connectivity index (χ2n) is 8.24. The van der Waals surface area contributed by atoms with Crippen molar-refractivity contribution >= 4 is 50.3 Å². The summed E-state index contributed by atoms with van der Waals surface area (Å²) in [4.78, 5) is 4.37.